The first-order valence-corrected chi connectivity index (χ1v) is 7.90. The molecular formula is C24H20Fe2. The van der Waals surface area contributed by atoms with E-state index in [2.05, 4.69) is 24.0 Å². The number of rotatable bonds is 1. The van der Waals surface area contributed by atoms with Crippen LogP contribution >= 0.6 is 0 Å². The summed E-state index contributed by atoms with van der Waals surface area (Å²) in [5.74, 6) is 6.05. The molecule has 0 unspecified atom stereocenters. The second kappa shape index (κ2) is 16.2. The van der Waals surface area contributed by atoms with E-state index in [9.17, 15) is 0 Å². The van der Waals surface area contributed by atoms with Crippen LogP contribution in [-0.4, -0.2) is 0 Å². The average molecular weight is 420 g/mol. The van der Waals surface area contributed by atoms with Gasteiger partial charge in [0, 0.05) is 0 Å². The van der Waals surface area contributed by atoms with Crippen molar-refractivity contribution in [3.63, 3.8) is 0 Å². The van der Waals surface area contributed by atoms with Crippen LogP contribution in [0.25, 0.3) is 6.08 Å². The number of hydrogen-bond acceptors (Lipinski definition) is 0. The Labute approximate surface area is 178 Å². The summed E-state index contributed by atoms with van der Waals surface area (Å²) in [6.07, 6.45) is 3.89. The standard InChI is InChI=1S/C14H10.2C5H5.2Fe/c1-2-8-13(7-1)11-5-6-12-14-9-3-4-10-14;2*1-2-4-5-3-1;;/h1-5,7-11H;2*1-5H;;/q-2;2*-1;2*+2/b11-5-;;;;. The maximum absolute atomic E-state index is 3.05. The molecule has 0 nitrogen and oxygen atoms in total. The molecule has 0 heterocycles. The monoisotopic (exact) mass is 420 g/mol. The van der Waals surface area contributed by atoms with Gasteiger partial charge in [-0.05, 0) is 0 Å². The van der Waals surface area contributed by atoms with Gasteiger partial charge in [0.1, 0.15) is 0 Å². The fourth-order valence-electron chi connectivity index (χ4n) is 1.86. The third-order valence-corrected chi connectivity index (χ3v) is 3.04. The van der Waals surface area contributed by atoms with Crippen molar-refractivity contribution in [1.82, 2.24) is 0 Å². The fraction of sp³-hybridized carbons (Fsp3) is 0. The van der Waals surface area contributed by atoms with E-state index < -0.39 is 0 Å². The predicted molar refractivity (Wildman–Crippen MR) is 104 cm³/mol. The van der Waals surface area contributed by atoms with Gasteiger partial charge in [-0.2, -0.15) is 66.6 Å². The summed E-state index contributed by atoms with van der Waals surface area (Å²) in [7, 11) is 0. The fourth-order valence-corrected chi connectivity index (χ4v) is 1.86. The van der Waals surface area contributed by atoms with Crippen molar-refractivity contribution in [1.29, 1.82) is 0 Å². The van der Waals surface area contributed by atoms with E-state index in [-0.39, 0.29) is 34.1 Å². The quantitative estimate of drug-likeness (QED) is 0.202. The summed E-state index contributed by atoms with van der Waals surface area (Å²) in [5, 5.41) is 0. The molecular weight excluding hydrogens is 400 g/mol. The van der Waals surface area contributed by atoms with Crippen molar-refractivity contribution < 1.29 is 34.1 Å². The van der Waals surface area contributed by atoms with E-state index in [1.807, 2.05) is 109 Å². The minimum absolute atomic E-state index is 0. The third-order valence-electron chi connectivity index (χ3n) is 3.04. The van der Waals surface area contributed by atoms with Gasteiger partial charge in [-0.15, -0.1) is 42.0 Å². The molecule has 0 atom stereocenters. The summed E-state index contributed by atoms with van der Waals surface area (Å²) in [4.78, 5) is 0. The molecule has 0 spiro atoms. The average Bonchev–Trinajstić information content (AvgIpc) is 3.44. The van der Waals surface area contributed by atoms with Crippen LogP contribution in [0, 0.1) is 11.8 Å². The summed E-state index contributed by atoms with van der Waals surface area (Å²) in [6, 6.07) is 36.1. The summed E-state index contributed by atoms with van der Waals surface area (Å²) in [5.41, 5.74) is 2.26. The Kier molecular flexibility index (Phi) is 14.8. The first kappa shape index (κ1) is 23.7. The van der Waals surface area contributed by atoms with Gasteiger partial charge < -0.3 is 0 Å². The number of hydrogen-bond donors (Lipinski definition) is 0. The van der Waals surface area contributed by atoms with Crippen LogP contribution in [0.5, 0.6) is 0 Å². The number of allylic oxidation sites excluding steroid dienone is 1. The Morgan fingerprint density at radius 3 is 1.50 bits per heavy atom. The molecule has 0 saturated heterocycles. The predicted octanol–water partition coefficient (Wildman–Crippen LogP) is 6.00. The molecule has 0 saturated carbocycles. The van der Waals surface area contributed by atoms with Crippen LogP contribution in [0.4, 0.5) is 0 Å². The van der Waals surface area contributed by atoms with Crippen LogP contribution < -0.4 is 0 Å². The molecule has 132 valence electrons. The largest absolute Gasteiger partial charge is 2.00 e. The van der Waals surface area contributed by atoms with Gasteiger partial charge in [-0.1, -0.05) is 5.56 Å². The molecule has 0 aliphatic carbocycles. The Bertz CT molecular complexity index is 728. The minimum atomic E-state index is 0. The Balaban J connectivity index is 0.000000432. The van der Waals surface area contributed by atoms with Crippen molar-refractivity contribution >= 4 is 6.08 Å². The molecule has 0 radical (unpaired) electrons. The molecule has 4 rings (SSSR count). The molecule has 4 aromatic rings. The van der Waals surface area contributed by atoms with Gasteiger partial charge in [0.15, 0.2) is 0 Å². The third kappa shape index (κ3) is 11.3. The van der Waals surface area contributed by atoms with Crippen LogP contribution in [0.1, 0.15) is 11.1 Å². The minimum Gasteiger partial charge on any atom is -0.235 e. The summed E-state index contributed by atoms with van der Waals surface area (Å²) in [6.45, 7) is 0. The summed E-state index contributed by atoms with van der Waals surface area (Å²) >= 11 is 0. The van der Waals surface area contributed by atoms with Gasteiger partial charge in [0.2, 0.25) is 0 Å². The Morgan fingerprint density at radius 2 is 1.08 bits per heavy atom. The van der Waals surface area contributed by atoms with Gasteiger partial charge in [0.05, 0.1) is 0 Å². The Hall–Kier alpha value is -2.26. The molecule has 0 amide bonds. The van der Waals surface area contributed by atoms with E-state index in [0.29, 0.717) is 0 Å². The molecule has 0 aliphatic heterocycles. The molecule has 0 bridgehead atoms. The molecule has 0 aliphatic rings. The smallest absolute Gasteiger partial charge is 0.235 e. The first-order chi connectivity index (χ1) is 11.9. The zero-order valence-electron chi connectivity index (χ0n) is 14.3. The normalized spacial score (nSPS) is 8.46. The zero-order valence-corrected chi connectivity index (χ0v) is 16.5. The van der Waals surface area contributed by atoms with E-state index in [0.717, 1.165) is 5.56 Å². The van der Waals surface area contributed by atoms with Crippen molar-refractivity contribution in [2.75, 3.05) is 0 Å². The molecule has 26 heavy (non-hydrogen) atoms. The van der Waals surface area contributed by atoms with Crippen LogP contribution in [0.2, 0.25) is 0 Å². The van der Waals surface area contributed by atoms with Crippen molar-refractivity contribution in [2.24, 2.45) is 0 Å². The molecule has 0 N–H and O–H groups in total. The SMILES string of the molecule is C(#C[c-]1cccc1)/C=C\[c-]1cccc1.[Fe+2].[Fe+2].c1cc[cH-]c1.c1cc[cH-]c1. The van der Waals surface area contributed by atoms with Crippen LogP contribution in [-0.2, 0) is 34.1 Å². The van der Waals surface area contributed by atoms with E-state index >= 15 is 0 Å². The molecule has 0 fully saturated rings. The summed E-state index contributed by atoms with van der Waals surface area (Å²) < 4.78 is 0. The van der Waals surface area contributed by atoms with Crippen molar-refractivity contribution in [3.05, 3.63) is 126 Å². The van der Waals surface area contributed by atoms with Crippen molar-refractivity contribution in [2.45, 2.75) is 0 Å². The van der Waals surface area contributed by atoms with Gasteiger partial charge in [-0.3, -0.25) is 0 Å². The van der Waals surface area contributed by atoms with E-state index in [1.54, 1.807) is 0 Å². The zero-order chi connectivity index (χ0) is 16.7. The molecule has 4 aromatic carbocycles. The van der Waals surface area contributed by atoms with E-state index in [4.69, 9.17) is 0 Å². The van der Waals surface area contributed by atoms with Crippen LogP contribution in [0.15, 0.2) is 115 Å². The maximum Gasteiger partial charge on any atom is 2.00 e. The maximum atomic E-state index is 3.05. The van der Waals surface area contributed by atoms with Gasteiger partial charge >= 0.3 is 34.1 Å². The van der Waals surface area contributed by atoms with Gasteiger partial charge in [-0.25, -0.2) is 30.2 Å². The van der Waals surface area contributed by atoms with E-state index in [1.165, 1.54) is 5.56 Å². The Morgan fingerprint density at radius 1 is 0.615 bits per heavy atom. The van der Waals surface area contributed by atoms with Crippen LogP contribution in [0.3, 0.4) is 0 Å². The molecule has 0 aromatic heterocycles. The first-order valence-electron chi connectivity index (χ1n) is 7.90. The second-order valence-electron chi connectivity index (χ2n) is 4.92. The topological polar surface area (TPSA) is 0 Å². The second-order valence-corrected chi connectivity index (χ2v) is 4.92. The molecule has 2 heteroatoms. The van der Waals surface area contributed by atoms with Gasteiger partial charge in [0.25, 0.3) is 0 Å². The van der Waals surface area contributed by atoms with Crippen molar-refractivity contribution in [3.8, 4) is 11.8 Å².